The monoisotopic (exact) mass is 587 g/mol. The van der Waals surface area contributed by atoms with E-state index >= 15 is 0 Å². The molecule has 0 aliphatic heterocycles. The Morgan fingerprint density at radius 3 is 1.81 bits per heavy atom. The van der Waals surface area contributed by atoms with Crippen LogP contribution in [0.5, 0.6) is 0 Å². The van der Waals surface area contributed by atoms with Crippen LogP contribution in [0.3, 0.4) is 0 Å². The molecule has 1 rings (SSSR count). The van der Waals surface area contributed by atoms with E-state index in [1.807, 2.05) is 0 Å². The zero-order valence-corrected chi connectivity index (χ0v) is 25.6. The van der Waals surface area contributed by atoms with Crippen molar-refractivity contribution in [3.05, 3.63) is 23.8 Å². The summed E-state index contributed by atoms with van der Waals surface area (Å²) in [4.78, 5) is 86.2. The van der Waals surface area contributed by atoms with Gasteiger partial charge in [0.1, 0.15) is 11.8 Å². The number of carbonyl (C=O) groups excluding carboxylic acids is 7. The van der Waals surface area contributed by atoms with Crippen molar-refractivity contribution in [3.8, 4) is 0 Å². The number of rotatable bonds is 17. The van der Waals surface area contributed by atoms with Gasteiger partial charge in [-0.15, -0.1) is 0 Å². The lowest BCUT2D eigenvalue weighted by molar-refractivity contribution is -0.130. The van der Waals surface area contributed by atoms with Crippen molar-refractivity contribution < 1.29 is 33.6 Å². The third-order valence-corrected chi connectivity index (χ3v) is 6.28. The Balaban J connectivity index is 3.15. The molecule has 0 heterocycles. The molecule has 5 amide bonds. The number of ketones is 2. The van der Waals surface area contributed by atoms with Crippen LogP contribution in [0.1, 0.15) is 90.9 Å². The first-order valence-corrected chi connectivity index (χ1v) is 14.3. The predicted octanol–water partition coefficient (Wildman–Crippen LogP) is 2.72. The van der Waals surface area contributed by atoms with Gasteiger partial charge in [0.2, 0.25) is 23.6 Å². The van der Waals surface area contributed by atoms with Gasteiger partial charge in [-0.05, 0) is 44.4 Å². The van der Waals surface area contributed by atoms with E-state index in [1.165, 1.54) is 25.1 Å². The molecule has 2 atom stereocenters. The minimum absolute atomic E-state index is 0.0487. The predicted molar refractivity (Wildman–Crippen MR) is 160 cm³/mol. The normalized spacial score (nSPS) is 12.2. The summed E-state index contributed by atoms with van der Waals surface area (Å²) in [5, 5.41) is 13.4. The number of benzene rings is 1. The number of Topliss-reactive ketones (excluding diaryl/α,β-unsaturated/α-hetero) is 2. The standard InChI is InChI=1S/C30H45N5O7/c1-8-24(37)31-13-9-10-25(38)33-22-14-21(15-23(16-22)34-26(39)12-11-19(6)36)29(41)35-27(17(2)3)30(42)32-20(7)28(40)18(4)5/h14-18,20,27H,8-13H2,1-7H3,(H,31,37)(H,32,42)(H,33,38)(H,34,39)(H,35,41)/t20-,27-/m0/s1. The summed E-state index contributed by atoms with van der Waals surface area (Å²) in [5.41, 5.74) is 0.506. The van der Waals surface area contributed by atoms with Crippen LogP contribution in [-0.4, -0.2) is 59.7 Å². The molecule has 232 valence electrons. The van der Waals surface area contributed by atoms with Gasteiger partial charge < -0.3 is 31.4 Å². The fourth-order valence-electron chi connectivity index (χ4n) is 3.88. The number of carbonyl (C=O) groups is 7. The third kappa shape index (κ3) is 13.0. The Morgan fingerprint density at radius 2 is 1.31 bits per heavy atom. The first-order chi connectivity index (χ1) is 19.6. The Bertz CT molecular complexity index is 1160. The van der Waals surface area contributed by atoms with E-state index in [0.29, 0.717) is 19.4 Å². The van der Waals surface area contributed by atoms with Crippen LogP contribution in [-0.2, 0) is 28.8 Å². The molecule has 42 heavy (non-hydrogen) atoms. The number of hydrogen-bond donors (Lipinski definition) is 5. The van der Waals surface area contributed by atoms with E-state index in [-0.39, 0.29) is 71.4 Å². The molecule has 0 aliphatic rings. The lowest BCUT2D eigenvalue weighted by Gasteiger charge is -2.24. The van der Waals surface area contributed by atoms with Gasteiger partial charge in [0.25, 0.3) is 5.91 Å². The molecule has 0 spiro atoms. The quantitative estimate of drug-likeness (QED) is 0.174. The van der Waals surface area contributed by atoms with Gasteiger partial charge in [-0.3, -0.25) is 28.8 Å². The van der Waals surface area contributed by atoms with Crippen molar-refractivity contribution in [1.82, 2.24) is 16.0 Å². The highest BCUT2D eigenvalue weighted by Gasteiger charge is 2.28. The molecule has 0 bridgehead atoms. The lowest BCUT2D eigenvalue weighted by atomic mass is 10.00. The minimum atomic E-state index is -0.968. The van der Waals surface area contributed by atoms with Crippen LogP contribution in [0.2, 0.25) is 0 Å². The van der Waals surface area contributed by atoms with Crippen LogP contribution < -0.4 is 26.6 Å². The van der Waals surface area contributed by atoms with E-state index < -0.39 is 29.8 Å². The highest BCUT2D eigenvalue weighted by molar-refractivity contribution is 6.02. The largest absolute Gasteiger partial charge is 0.356 e. The Labute approximate surface area is 247 Å². The van der Waals surface area contributed by atoms with Crippen molar-refractivity contribution >= 4 is 52.5 Å². The van der Waals surface area contributed by atoms with Crippen molar-refractivity contribution in [2.75, 3.05) is 17.2 Å². The summed E-state index contributed by atoms with van der Waals surface area (Å²) in [6.45, 7) is 12.0. The molecule has 0 aliphatic carbocycles. The topological polar surface area (TPSA) is 180 Å². The maximum absolute atomic E-state index is 13.3. The van der Waals surface area contributed by atoms with Crippen LogP contribution in [0.4, 0.5) is 11.4 Å². The van der Waals surface area contributed by atoms with Crippen LogP contribution in [0.25, 0.3) is 0 Å². The van der Waals surface area contributed by atoms with Crippen molar-refractivity contribution in [1.29, 1.82) is 0 Å². The number of hydrogen-bond acceptors (Lipinski definition) is 7. The van der Waals surface area contributed by atoms with Crippen molar-refractivity contribution in [2.45, 2.75) is 92.7 Å². The van der Waals surface area contributed by atoms with Gasteiger partial charge in [0.05, 0.1) is 6.04 Å². The molecular formula is C30H45N5O7. The van der Waals surface area contributed by atoms with Gasteiger partial charge in [-0.1, -0.05) is 34.6 Å². The Kier molecular flexibility index (Phi) is 15.1. The Hall–Kier alpha value is -4.09. The first-order valence-electron chi connectivity index (χ1n) is 14.3. The molecule has 0 saturated heterocycles. The summed E-state index contributed by atoms with van der Waals surface area (Å²) in [5.74, 6) is -2.97. The first kappa shape index (κ1) is 35.9. The van der Waals surface area contributed by atoms with Crippen molar-refractivity contribution in [3.63, 3.8) is 0 Å². The molecule has 0 radical (unpaired) electrons. The maximum atomic E-state index is 13.3. The second-order valence-electron chi connectivity index (χ2n) is 10.9. The highest BCUT2D eigenvalue weighted by Crippen LogP contribution is 2.21. The van der Waals surface area contributed by atoms with Crippen molar-refractivity contribution in [2.24, 2.45) is 11.8 Å². The average Bonchev–Trinajstić information content (AvgIpc) is 2.91. The van der Waals surface area contributed by atoms with E-state index in [9.17, 15) is 33.6 Å². The Morgan fingerprint density at radius 1 is 0.738 bits per heavy atom. The van der Waals surface area contributed by atoms with Gasteiger partial charge in [0, 0.05) is 55.1 Å². The summed E-state index contributed by atoms with van der Waals surface area (Å²) < 4.78 is 0. The SMILES string of the molecule is CCC(=O)NCCCC(=O)Nc1cc(NC(=O)CCC(C)=O)cc(C(=O)N[C@H](C(=O)N[C@@H](C)C(=O)C(C)C)C(C)C)c1. The van der Waals surface area contributed by atoms with Crippen LogP contribution in [0.15, 0.2) is 18.2 Å². The molecule has 0 saturated carbocycles. The molecule has 12 nitrogen and oxygen atoms in total. The number of anilines is 2. The molecular weight excluding hydrogens is 542 g/mol. The lowest BCUT2D eigenvalue weighted by Crippen LogP contribution is -2.53. The van der Waals surface area contributed by atoms with E-state index in [1.54, 1.807) is 41.5 Å². The summed E-state index contributed by atoms with van der Waals surface area (Å²) in [6.07, 6.45) is 0.836. The van der Waals surface area contributed by atoms with E-state index in [4.69, 9.17) is 0 Å². The average molecular weight is 588 g/mol. The van der Waals surface area contributed by atoms with Gasteiger partial charge >= 0.3 is 0 Å². The molecule has 1 aromatic rings. The minimum Gasteiger partial charge on any atom is -0.356 e. The molecule has 5 N–H and O–H groups in total. The highest BCUT2D eigenvalue weighted by atomic mass is 16.2. The summed E-state index contributed by atoms with van der Waals surface area (Å²) >= 11 is 0. The molecule has 0 fully saturated rings. The second-order valence-corrected chi connectivity index (χ2v) is 10.9. The maximum Gasteiger partial charge on any atom is 0.252 e. The van der Waals surface area contributed by atoms with Gasteiger partial charge in [0.15, 0.2) is 5.78 Å². The molecule has 12 heteroatoms. The van der Waals surface area contributed by atoms with Crippen LogP contribution in [0, 0.1) is 11.8 Å². The summed E-state index contributed by atoms with van der Waals surface area (Å²) in [6, 6.07) is 2.59. The number of nitrogens with one attached hydrogen (secondary N) is 5. The molecule has 1 aromatic carbocycles. The fraction of sp³-hybridized carbons (Fsp3) is 0.567. The second kappa shape index (κ2) is 17.7. The van der Waals surface area contributed by atoms with E-state index in [2.05, 4.69) is 26.6 Å². The zero-order chi connectivity index (χ0) is 32.0. The zero-order valence-electron chi connectivity index (χ0n) is 25.6. The fourth-order valence-corrected chi connectivity index (χ4v) is 3.88. The van der Waals surface area contributed by atoms with Crippen LogP contribution >= 0.6 is 0 Å². The summed E-state index contributed by atoms with van der Waals surface area (Å²) in [7, 11) is 0. The van der Waals surface area contributed by atoms with Gasteiger partial charge in [-0.25, -0.2) is 0 Å². The third-order valence-electron chi connectivity index (χ3n) is 6.28. The molecule has 0 aromatic heterocycles. The smallest absolute Gasteiger partial charge is 0.252 e. The number of amides is 5. The van der Waals surface area contributed by atoms with Gasteiger partial charge in [-0.2, -0.15) is 0 Å². The van der Waals surface area contributed by atoms with E-state index in [0.717, 1.165) is 0 Å². The molecule has 0 unspecified atom stereocenters.